The smallest absolute Gasteiger partial charge is 0.300 e. The second kappa shape index (κ2) is 10.5. The monoisotopic (exact) mass is 471 g/mol. The number of carbonyl (C=O) groups is 2. The molecule has 1 saturated heterocycles. The lowest BCUT2D eigenvalue weighted by atomic mass is 9.95. The van der Waals surface area contributed by atoms with E-state index in [-0.39, 0.29) is 11.3 Å². The summed E-state index contributed by atoms with van der Waals surface area (Å²) in [4.78, 5) is 28.0. The highest BCUT2D eigenvalue weighted by Crippen LogP contribution is 2.42. The van der Waals surface area contributed by atoms with Crippen LogP contribution in [-0.2, 0) is 9.59 Å². The van der Waals surface area contributed by atoms with Crippen molar-refractivity contribution in [3.63, 3.8) is 0 Å². The number of ether oxygens (including phenoxy) is 2. The standard InChI is InChI=1S/C29H29NO5/c1-4-34-24-12-8-11-22(17-24)30-26(20-9-6-5-7-10-20)25(28(32)29(30)33)27(31)21-13-15-23(16-14-21)35-18-19(2)3/h5-17,19,26,31H,4,18H2,1-3H3/b27-25+. The molecule has 0 spiro atoms. The molecule has 3 aromatic carbocycles. The molecular formula is C29H29NO5. The fraction of sp³-hybridized carbons (Fsp3) is 0.241. The predicted octanol–water partition coefficient (Wildman–Crippen LogP) is 5.75. The van der Waals surface area contributed by atoms with Gasteiger partial charge in [-0.15, -0.1) is 0 Å². The number of Topliss-reactive ketones (excluding diaryl/α,β-unsaturated/α-hetero) is 1. The van der Waals surface area contributed by atoms with Crippen LogP contribution in [0.25, 0.3) is 5.76 Å². The SMILES string of the molecule is CCOc1cccc(N2C(=O)C(=O)/C(=C(/O)c3ccc(OCC(C)C)cc3)C2c2ccccc2)c1. The lowest BCUT2D eigenvalue weighted by molar-refractivity contribution is -0.132. The Labute approximate surface area is 205 Å². The Kier molecular flexibility index (Phi) is 7.20. The van der Waals surface area contributed by atoms with Crippen LogP contribution in [0.4, 0.5) is 5.69 Å². The molecule has 1 N–H and O–H groups in total. The number of anilines is 1. The summed E-state index contributed by atoms with van der Waals surface area (Å²) in [7, 11) is 0. The fourth-order valence-electron chi connectivity index (χ4n) is 4.07. The molecule has 4 rings (SSSR count). The average Bonchev–Trinajstić information content (AvgIpc) is 3.14. The van der Waals surface area contributed by atoms with Crippen molar-refractivity contribution in [1.82, 2.24) is 0 Å². The molecule has 1 aliphatic rings. The van der Waals surface area contributed by atoms with Crippen molar-refractivity contribution in [2.75, 3.05) is 18.1 Å². The summed E-state index contributed by atoms with van der Waals surface area (Å²) in [5, 5.41) is 11.3. The Morgan fingerprint density at radius 1 is 0.914 bits per heavy atom. The van der Waals surface area contributed by atoms with Gasteiger partial charge < -0.3 is 14.6 Å². The highest BCUT2D eigenvalue weighted by molar-refractivity contribution is 6.51. The lowest BCUT2D eigenvalue weighted by Gasteiger charge is -2.25. The number of aliphatic hydroxyl groups is 1. The van der Waals surface area contributed by atoms with E-state index in [0.717, 1.165) is 0 Å². The third-order valence-corrected chi connectivity index (χ3v) is 5.68. The van der Waals surface area contributed by atoms with Crippen LogP contribution in [0, 0.1) is 5.92 Å². The molecule has 0 aromatic heterocycles. The number of amides is 1. The molecule has 6 heteroatoms. The Bertz CT molecular complexity index is 1230. The minimum absolute atomic E-state index is 0.0406. The van der Waals surface area contributed by atoms with Crippen LogP contribution in [-0.4, -0.2) is 30.0 Å². The van der Waals surface area contributed by atoms with Crippen molar-refractivity contribution in [3.8, 4) is 11.5 Å². The molecule has 1 fully saturated rings. The molecule has 1 heterocycles. The summed E-state index contributed by atoms with van der Waals surface area (Å²) in [5.74, 6) is -0.0229. The summed E-state index contributed by atoms with van der Waals surface area (Å²) < 4.78 is 11.3. The molecule has 35 heavy (non-hydrogen) atoms. The van der Waals surface area contributed by atoms with E-state index in [1.807, 2.05) is 37.3 Å². The van der Waals surface area contributed by atoms with Gasteiger partial charge in [0.2, 0.25) is 0 Å². The number of nitrogens with zero attached hydrogens (tertiary/aromatic N) is 1. The first-order chi connectivity index (χ1) is 16.9. The Morgan fingerprint density at radius 2 is 1.63 bits per heavy atom. The number of hydrogen-bond donors (Lipinski definition) is 1. The first-order valence-corrected chi connectivity index (χ1v) is 11.7. The van der Waals surface area contributed by atoms with E-state index in [1.165, 1.54) is 4.90 Å². The second-order valence-electron chi connectivity index (χ2n) is 8.74. The molecule has 1 unspecified atom stereocenters. The first-order valence-electron chi connectivity index (χ1n) is 11.7. The zero-order valence-electron chi connectivity index (χ0n) is 20.1. The Balaban J connectivity index is 1.79. The number of ketones is 1. The first kappa shape index (κ1) is 24.1. The summed E-state index contributed by atoms with van der Waals surface area (Å²) in [5.41, 5.74) is 1.71. The van der Waals surface area contributed by atoms with Crippen LogP contribution in [0.2, 0.25) is 0 Å². The predicted molar refractivity (Wildman–Crippen MR) is 136 cm³/mol. The average molecular weight is 472 g/mol. The molecule has 0 saturated carbocycles. The quantitative estimate of drug-likeness (QED) is 0.257. The van der Waals surface area contributed by atoms with Crippen LogP contribution in [0.1, 0.15) is 37.9 Å². The number of carbonyl (C=O) groups excluding carboxylic acids is 2. The molecular weight excluding hydrogens is 442 g/mol. The molecule has 1 atom stereocenters. The second-order valence-corrected chi connectivity index (χ2v) is 8.74. The molecule has 1 aliphatic heterocycles. The van der Waals surface area contributed by atoms with Gasteiger partial charge in [-0.25, -0.2) is 0 Å². The van der Waals surface area contributed by atoms with Crippen LogP contribution in [0.3, 0.4) is 0 Å². The van der Waals surface area contributed by atoms with E-state index in [0.29, 0.717) is 47.4 Å². The van der Waals surface area contributed by atoms with Gasteiger partial charge in [-0.05, 0) is 54.8 Å². The van der Waals surface area contributed by atoms with Crippen molar-refractivity contribution in [2.45, 2.75) is 26.8 Å². The summed E-state index contributed by atoms with van der Waals surface area (Å²) >= 11 is 0. The minimum atomic E-state index is -0.787. The topological polar surface area (TPSA) is 76.1 Å². The minimum Gasteiger partial charge on any atom is -0.507 e. The maximum Gasteiger partial charge on any atom is 0.300 e. The Morgan fingerprint density at radius 3 is 2.29 bits per heavy atom. The van der Waals surface area contributed by atoms with Crippen LogP contribution >= 0.6 is 0 Å². The normalized spacial score (nSPS) is 17.1. The molecule has 0 bridgehead atoms. The van der Waals surface area contributed by atoms with Crippen LogP contribution in [0.5, 0.6) is 11.5 Å². The van der Waals surface area contributed by atoms with Gasteiger partial charge in [0.15, 0.2) is 0 Å². The van der Waals surface area contributed by atoms with Crippen molar-refractivity contribution in [2.24, 2.45) is 5.92 Å². The molecule has 0 aliphatic carbocycles. The highest BCUT2D eigenvalue weighted by Gasteiger charge is 2.47. The largest absolute Gasteiger partial charge is 0.507 e. The van der Waals surface area contributed by atoms with Crippen LogP contribution < -0.4 is 14.4 Å². The zero-order valence-corrected chi connectivity index (χ0v) is 20.1. The van der Waals surface area contributed by atoms with Gasteiger partial charge in [0.1, 0.15) is 17.3 Å². The third kappa shape index (κ3) is 5.06. The maximum absolute atomic E-state index is 13.3. The van der Waals surface area contributed by atoms with Crippen molar-refractivity contribution < 1.29 is 24.2 Å². The van der Waals surface area contributed by atoms with E-state index >= 15 is 0 Å². The summed E-state index contributed by atoms with van der Waals surface area (Å²) in [6.45, 7) is 7.05. The third-order valence-electron chi connectivity index (χ3n) is 5.68. The van der Waals surface area contributed by atoms with Crippen molar-refractivity contribution in [3.05, 3.63) is 95.6 Å². The van der Waals surface area contributed by atoms with Crippen LogP contribution in [0.15, 0.2) is 84.4 Å². The number of hydrogen-bond acceptors (Lipinski definition) is 5. The Hall–Kier alpha value is -4.06. The highest BCUT2D eigenvalue weighted by atomic mass is 16.5. The van der Waals surface area contributed by atoms with E-state index < -0.39 is 17.7 Å². The van der Waals surface area contributed by atoms with E-state index in [9.17, 15) is 14.7 Å². The number of rotatable bonds is 8. The number of aliphatic hydroxyl groups excluding tert-OH is 1. The van der Waals surface area contributed by atoms with Crippen molar-refractivity contribution in [1.29, 1.82) is 0 Å². The van der Waals surface area contributed by atoms with Gasteiger partial charge in [0.25, 0.3) is 11.7 Å². The van der Waals surface area contributed by atoms with Gasteiger partial charge in [0.05, 0.1) is 24.8 Å². The van der Waals surface area contributed by atoms with Gasteiger partial charge in [-0.3, -0.25) is 14.5 Å². The van der Waals surface area contributed by atoms with E-state index in [2.05, 4.69) is 13.8 Å². The molecule has 3 aromatic rings. The van der Waals surface area contributed by atoms with Crippen molar-refractivity contribution >= 4 is 23.1 Å². The molecule has 1 amide bonds. The zero-order chi connectivity index (χ0) is 24.9. The lowest BCUT2D eigenvalue weighted by Crippen LogP contribution is -2.29. The molecule has 0 radical (unpaired) electrons. The summed E-state index contributed by atoms with van der Waals surface area (Å²) in [6, 6.07) is 22.4. The van der Waals surface area contributed by atoms with Gasteiger partial charge in [-0.1, -0.05) is 50.2 Å². The summed E-state index contributed by atoms with van der Waals surface area (Å²) in [6.07, 6.45) is 0. The van der Waals surface area contributed by atoms with Gasteiger partial charge in [-0.2, -0.15) is 0 Å². The van der Waals surface area contributed by atoms with Gasteiger partial charge >= 0.3 is 0 Å². The molecule has 6 nitrogen and oxygen atoms in total. The van der Waals surface area contributed by atoms with Gasteiger partial charge in [0, 0.05) is 17.3 Å². The maximum atomic E-state index is 13.3. The van der Waals surface area contributed by atoms with E-state index in [1.54, 1.807) is 48.5 Å². The number of benzene rings is 3. The van der Waals surface area contributed by atoms with E-state index in [4.69, 9.17) is 9.47 Å². The fourth-order valence-corrected chi connectivity index (χ4v) is 4.07. The molecule has 180 valence electrons.